The average Bonchev–Trinajstić information content (AvgIpc) is 2.92. The first kappa shape index (κ1) is 12.9. The minimum Gasteiger partial charge on any atom is -0.316 e. The zero-order valence-corrected chi connectivity index (χ0v) is 11.5. The van der Waals surface area contributed by atoms with Crippen LogP contribution in [-0.4, -0.2) is 18.9 Å². The van der Waals surface area contributed by atoms with E-state index in [0.29, 0.717) is 17.6 Å². The number of rotatable bonds is 4. The Morgan fingerprint density at radius 1 is 1.21 bits per heavy atom. The standard InChI is InChI=1S/C17H23NO/c19-16(10-13-8-9-18-12-13)11-15-6-3-5-14-4-1-2-7-17(14)15/h1-2,4,7,13,15,18H,3,5-6,8-12H2. The minimum atomic E-state index is 0.468. The van der Waals surface area contributed by atoms with Crippen LogP contribution in [0.4, 0.5) is 0 Å². The molecule has 0 saturated carbocycles. The van der Waals surface area contributed by atoms with Crippen molar-refractivity contribution in [2.75, 3.05) is 13.1 Å². The molecule has 1 fully saturated rings. The van der Waals surface area contributed by atoms with Crippen molar-refractivity contribution in [3.8, 4) is 0 Å². The predicted molar refractivity (Wildman–Crippen MR) is 77.3 cm³/mol. The molecule has 1 aromatic carbocycles. The van der Waals surface area contributed by atoms with E-state index >= 15 is 0 Å². The summed E-state index contributed by atoms with van der Waals surface area (Å²) in [7, 11) is 0. The molecular weight excluding hydrogens is 234 g/mol. The van der Waals surface area contributed by atoms with Gasteiger partial charge in [-0.1, -0.05) is 24.3 Å². The third-order valence-corrected chi connectivity index (χ3v) is 4.65. The van der Waals surface area contributed by atoms with Crippen molar-refractivity contribution < 1.29 is 4.79 Å². The zero-order chi connectivity index (χ0) is 13.1. The number of aryl methyl sites for hydroxylation is 1. The summed E-state index contributed by atoms with van der Waals surface area (Å²) < 4.78 is 0. The van der Waals surface area contributed by atoms with Gasteiger partial charge in [-0.25, -0.2) is 0 Å². The van der Waals surface area contributed by atoms with E-state index in [9.17, 15) is 4.79 Å². The molecule has 0 radical (unpaired) electrons. The first-order chi connectivity index (χ1) is 9.33. The van der Waals surface area contributed by atoms with E-state index in [4.69, 9.17) is 0 Å². The fourth-order valence-electron chi connectivity index (χ4n) is 3.64. The summed E-state index contributed by atoms with van der Waals surface area (Å²) in [5.41, 5.74) is 2.90. The summed E-state index contributed by atoms with van der Waals surface area (Å²) in [5.74, 6) is 1.54. The summed E-state index contributed by atoms with van der Waals surface area (Å²) in [5, 5.41) is 3.34. The van der Waals surface area contributed by atoms with Crippen LogP contribution in [0.1, 0.15) is 49.1 Å². The summed E-state index contributed by atoms with van der Waals surface area (Å²) >= 11 is 0. The SMILES string of the molecule is O=C(CC1CCNC1)CC1CCCc2ccccc21. The second-order valence-corrected chi connectivity index (χ2v) is 6.09. The number of nitrogens with one attached hydrogen (secondary N) is 1. The number of carbonyl (C=O) groups is 1. The highest BCUT2D eigenvalue weighted by molar-refractivity contribution is 5.79. The largest absolute Gasteiger partial charge is 0.316 e. The van der Waals surface area contributed by atoms with Crippen LogP contribution >= 0.6 is 0 Å². The molecule has 102 valence electrons. The monoisotopic (exact) mass is 257 g/mol. The highest BCUT2D eigenvalue weighted by Gasteiger charge is 2.24. The van der Waals surface area contributed by atoms with Gasteiger partial charge in [-0.3, -0.25) is 4.79 Å². The van der Waals surface area contributed by atoms with Gasteiger partial charge in [-0.15, -0.1) is 0 Å². The highest BCUT2D eigenvalue weighted by Crippen LogP contribution is 2.34. The molecule has 0 spiro atoms. The summed E-state index contributed by atoms with van der Waals surface area (Å²) in [4.78, 5) is 12.2. The number of fused-ring (bicyclic) bond motifs is 1. The lowest BCUT2D eigenvalue weighted by Crippen LogP contribution is -2.17. The van der Waals surface area contributed by atoms with Crippen LogP contribution in [0.15, 0.2) is 24.3 Å². The third-order valence-electron chi connectivity index (χ3n) is 4.65. The molecule has 1 aromatic rings. The van der Waals surface area contributed by atoms with Crippen LogP contribution in [0.5, 0.6) is 0 Å². The summed E-state index contributed by atoms with van der Waals surface area (Å²) in [6.45, 7) is 2.12. The van der Waals surface area contributed by atoms with Crippen molar-refractivity contribution >= 4 is 5.78 Å². The Hall–Kier alpha value is -1.15. The highest BCUT2D eigenvalue weighted by atomic mass is 16.1. The van der Waals surface area contributed by atoms with Gasteiger partial charge in [0.05, 0.1) is 0 Å². The summed E-state index contributed by atoms with van der Waals surface area (Å²) in [6.07, 6.45) is 6.32. The molecule has 1 saturated heterocycles. The molecule has 3 rings (SSSR count). The van der Waals surface area contributed by atoms with E-state index < -0.39 is 0 Å². The number of ketones is 1. The van der Waals surface area contributed by atoms with Crippen molar-refractivity contribution in [3.63, 3.8) is 0 Å². The topological polar surface area (TPSA) is 29.1 Å². The maximum Gasteiger partial charge on any atom is 0.133 e. The smallest absolute Gasteiger partial charge is 0.133 e. The molecule has 0 bridgehead atoms. The van der Waals surface area contributed by atoms with Gasteiger partial charge in [0.25, 0.3) is 0 Å². The predicted octanol–water partition coefficient (Wildman–Crippen LogP) is 3.07. The third kappa shape index (κ3) is 3.06. The number of Topliss-reactive ketones (excluding diaryl/α,β-unsaturated/α-hetero) is 1. The first-order valence-electron chi connectivity index (χ1n) is 7.63. The molecule has 1 N–H and O–H groups in total. The number of benzene rings is 1. The fraction of sp³-hybridized carbons (Fsp3) is 0.588. The number of hydrogen-bond acceptors (Lipinski definition) is 2. The van der Waals surface area contributed by atoms with Crippen LogP contribution in [-0.2, 0) is 11.2 Å². The van der Waals surface area contributed by atoms with Gasteiger partial charge in [0.15, 0.2) is 0 Å². The van der Waals surface area contributed by atoms with Crippen molar-refractivity contribution in [2.24, 2.45) is 5.92 Å². The second kappa shape index (κ2) is 5.87. The maximum absolute atomic E-state index is 12.2. The van der Waals surface area contributed by atoms with Crippen molar-refractivity contribution in [3.05, 3.63) is 35.4 Å². The van der Waals surface area contributed by atoms with Crippen LogP contribution in [0.2, 0.25) is 0 Å². The van der Waals surface area contributed by atoms with Crippen LogP contribution in [0.25, 0.3) is 0 Å². The number of carbonyl (C=O) groups excluding carboxylic acids is 1. The fourth-order valence-corrected chi connectivity index (χ4v) is 3.64. The quantitative estimate of drug-likeness (QED) is 0.898. The molecule has 2 nitrogen and oxygen atoms in total. The second-order valence-electron chi connectivity index (χ2n) is 6.09. The Bertz CT molecular complexity index is 448. The molecule has 2 atom stereocenters. The Kier molecular flexibility index (Phi) is 3.97. The van der Waals surface area contributed by atoms with Crippen molar-refractivity contribution in [1.82, 2.24) is 5.32 Å². The molecule has 1 heterocycles. The van der Waals surface area contributed by atoms with Crippen LogP contribution in [0.3, 0.4) is 0 Å². The van der Waals surface area contributed by atoms with E-state index in [1.165, 1.54) is 36.8 Å². The van der Waals surface area contributed by atoms with Gasteiger partial charge in [-0.05, 0) is 61.7 Å². The molecule has 19 heavy (non-hydrogen) atoms. The Morgan fingerprint density at radius 3 is 2.95 bits per heavy atom. The lowest BCUT2D eigenvalue weighted by Gasteiger charge is -2.25. The maximum atomic E-state index is 12.2. The Labute approximate surface area is 115 Å². The van der Waals surface area contributed by atoms with Gasteiger partial charge in [0.2, 0.25) is 0 Å². The molecule has 0 amide bonds. The molecule has 1 aliphatic carbocycles. The molecule has 2 aliphatic rings. The molecule has 0 aromatic heterocycles. The van der Waals surface area contributed by atoms with E-state index in [-0.39, 0.29) is 0 Å². The first-order valence-corrected chi connectivity index (χ1v) is 7.63. The Morgan fingerprint density at radius 2 is 2.11 bits per heavy atom. The number of hydrogen-bond donors (Lipinski definition) is 1. The summed E-state index contributed by atoms with van der Waals surface area (Å²) in [6, 6.07) is 8.69. The molecule has 2 unspecified atom stereocenters. The average molecular weight is 257 g/mol. The molecule has 2 heteroatoms. The van der Waals surface area contributed by atoms with E-state index in [1.807, 2.05) is 0 Å². The van der Waals surface area contributed by atoms with Gasteiger partial charge >= 0.3 is 0 Å². The van der Waals surface area contributed by atoms with Crippen LogP contribution in [0, 0.1) is 5.92 Å². The van der Waals surface area contributed by atoms with E-state index in [1.54, 1.807) is 0 Å². The van der Waals surface area contributed by atoms with Gasteiger partial charge in [-0.2, -0.15) is 0 Å². The lowest BCUT2D eigenvalue weighted by molar-refractivity contribution is -0.120. The molecular formula is C17H23NO. The van der Waals surface area contributed by atoms with Crippen molar-refractivity contribution in [1.29, 1.82) is 0 Å². The normalized spacial score (nSPS) is 26.1. The zero-order valence-electron chi connectivity index (χ0n) is 11.5. The van der Waals surface area contributed by atoms with Gasteiger partial charge in [0, 0.05) is 12.8 Å². The van der Waals surface area contributed by atoms with Crippen molar-refractivity contribution in [2.45, 2.75) is 44.4 Å². The van der Waals surface area contributed by atoms with Crippen LogP contribution < -0.4 is 5.32 Å². The van der Waals surface area contributed by atoms with Gasteiger partial charge in [0.1, 0.15) is 5.78 Å². The van der Waals surface area contributed by atoms with E-state index in [0.717, 1.165) is 25.9 Å². The van der Waals surface area contributed by atoms with Gasteiger partial charge < -0.3 is 5.32 Å². The van der Waals surface area contributed by atoms with E-state index in [2.05, 4.69) is 29.6 Å². The molecule has 1 aliphatic heterocycles. The minimum absolute atomic E-state index is 0.468. The Balaban J connectivity index is 1.62. The lowest BCUT2D eigenvalue weighted by atomic mass is 9.79.